The minimum absolute atomic E-state index is 0. The number of nitrogens with zero attached hydrogens (tertiary/aromatic N) is 1. The van der Waals surface area contributed by atoms with Gasteiger partial charge in [0.25, 0.3) is 0 Å². The van der Waals surface area contributed by atoms with E-state index in [0.29, 0.717) is 6.10 Å². The highest BCUT2D eigenvalue weighted by Gasteiger charge is 2.15. The number of hydrogen-bond acceptors (Lipinski definition) is 3. The van der Waals surface area contributed by atoms with E-state index in [1.165, 1.54) is 24.8 Å². The van der Waals surface area contributed by atoms with Crippen molar-refractivity contribution in [2.45, 2.75) is 31.9 Å². The van der Waals surface area contributed by atoms with E-state index in [1.807, 2.05) is 18.2 Å². The van der Waals surface area contributed by atoms with E-state index >= 15 is 0 Å². The highest BCUT2D eigenvalue weighted by atomic mass is 35.5. The molecule has 2 N–H and O–H groups in total. The van der Waals surface area contributed by atoms with Crippen molar-refractivity contribution in [1.82, 2.24) is 4.90 Å². The average molecular weight is 271 g/mol. The van der Waals surface area contributed by atoms with Crippen LogP contribution in [0.25, 0.3) is 0 Å². The van der Waals surface area contributed by atoms with E-state index in [9.17, 15) is 0 Å². The number of nitrogen functional groups attached to an aromatic ring is 1. The minimum Gasteiger partial charge on any atom is -0.399 e. The molecule has 1 aromatic carbocycles. The molecular formula is C14H23ClN2O. The second-order valence-corrected chi connectivity index (χ2v) is 4.93. The Labute approximate surface area is 116 Å². The molecule has 0 spiro atoms. The number of rotatable bonds is 4. The molecule has 0 aromatic heterocycles. The zero-order valence-electron chi connectivity index (χ0n) is 11.0. The van der Waals surface area contributed by atoms with Crippen LogP contribution in [0.4, 0.5) is 5.69 Å². The number of anilines is 1. The Bertz CT molecular complexity index is 353. The van der Waals surface area contributed by atoms with Gasteiger partial charge in [-0.25, -0.2) is 0 Å². The maximum Gasteiger partial charge on any atom is 0.0702 e. The van der Waals surface area contributed by atoms with Gasteiger partial charge < -0.3 is 10.5 Å². The zero-order valence-corrected chi connectivity index (χ0v) is 11.8. The van der Waals surface area contributed by atoms with Gasteiger partial charge in [-0.05, 0) is 44.0 Å². The Morgan fingerprint density at radius 2 is 2.22 bits per heavy atom. The molecular weight excluding hydrogens is 248 g/mol. The summed E-state index contributed by atoms with van der Waals surface area (Å²) in [7, 11) is 2.14. The van der Waals surface area contributed by atoms with Crippen molar-refractivity contribution in [1.29, 1.82) is 0 Å². The van der Waals surface area contributed by atoms with Crippen LogP contribution < -0.4 is 5.73 Å². The van der Waals surface area contributed by atoms with Crippen LogP contribution in [0.3, 0.4) is 0 Å². The van der Waals surface area contributed by atoms with Gasteiger partial charge in [-0.2, -0.15) is 0 Å². The summed E-state index contributed by atoms with van der Waals surface area (Å²) in [5.74, 6) is 0. The van der Waals surface area contributed by atoms with Crippen molar-refractivity contribution in [2.24, 2.45) is 0 Å². The van der Waals surface area contributed by atoms with E-state index < -0.39 is 0 Å². The Kier molecular flexibility index (Phi) is 6.47. The van der Waals surface area contributed by atoms with Gasteiger partial charge in [0, 0.05) is 25.4 Å². The van der Waals surface area contributed by atoms with Crippen LogP contribution in [0.5, 0.6) is 0 Å². The predicted molar refractivity (Wildman–Crippen MR) is 78.0 cm³/mol. The Morgan fingerprint density at radius 1 is 1.39 bits per heavy atom. The van der Waals surface area contributed by atoms with Crippen LogP contribution >= 0.6 is 12.4 Å². The molecule has 18 heavy (non-hydrogen) atoms. The van der Waals surface area contributed by atoms with Crippen molar-refractivity contribution in [3.05, 3.63) is 29.8 Å². The minimum atomic E-state index is 0. The van der Waals surface area contributed by atoms with Crippen LogP contribution in [0.2, 0.25) is 0 Å². The first kappa shape index (κ1) is 15.3. The summed E-state index contributed by atoms with van der Waals surface area (Å²) >= 11 is 0. The zero-order chi connectivity index (χ0) is 12.1. The third-order valence-electron chi connectivity index (χ3n) is 3.19. The molecule has 102 valence electrons. The summed E-state index contributed by atoms with van der Waals surface area (Å²) in [6.45, 7) is 2.87. The molecule has 1 aliphatic rings. The van der Waals surface area contributed by atoms with Gasteiger partial charge in [0.05, 0.1) is 6.10 Å². The Morgan fingerprint density at radius 3 is 2.89 bits per heavy atom. The molecule has 1 fully saturated rings. The number of hydrogen-bond donors (Lipinski definition) is 1. The van der Waals surface area contributed by atoms with Gasteiger partial charge in [-0.3, -0.25) is 4.90 Å². The van der Waals surface area contributed by atoms with Crippen LogP contribution in [0.15, 0.2) is 24.3 Å². The average Bonchev–Trinajstić information content (AvgIpc) is 2.30. The van der Waals surface area contributed by atoms with Gasteiger partial charge in [0.2, 0.25) is 0 Å². The molecule has 1 atom stereocenters. The van der Waals surface area contributed by atoms with Crippen molar-refractivity contribution in [3.63, 3.8) is 0 Å². The fourth-order valence-corrected chi connectivity index (χ4v) is 2.37. The number of ether oxygens (including phenoxy) is 1. The summed E-state index contributed by atoms with van der Waals surface area (Å²) in [5.41, 5.74) is 7.88. The van der Waals surface area contributed by atoms with Gasteiger partial charge in [-0.15, -0.1) is 12.4 Å². The predicted octanol–water partition coefficient (Wildman–Crippen LogP) is 2.69. The standard InChI is InChI=1S/C14H22N2O.ClH/c1-16(11-14-7-2-3-8-17-14)10-12-5-4-6-13(15)9-12;/h4-6,9,14H,2-3,7-8,10-11,15H2,1H3;1H. The van der Waals surface area contributed by atoms with Crippen LogP contribution in [-0.4, -0.2) is 31.2 Å². The van der Waals surface area contributed by atoms with E-state index in [2.05, 4.69) is 18.0 Å². The van der Waals surface area contributed by atoms with E-state index in [0.717, 1.165) is 25.4 Å². The summed E-state index contributed by atoms with van der Waals surface area (Å²) in [6, 6.07) is 8.09. The van der Waals surface area contributed by atoms with Crippen molar-refractivity contribution in [2.75, 3.05) is 25.9 Å². The quantitative estimate of drug-likeness (QED) is 0.855. The maximum absolute atomic E-state index is 5.78. The van der Waals surface area contributed by atoms with Crippen molar-refractivity contribution < 1.29 is 4.74 Å². The number of halogens is 1. The Hall–Kier alpha value is -0.770. The third kappa shape index (κ3) is 4.84. The van der Waals surface area contributed by atoms with Crippen molar-refractivity contribution in [3.8, 4) is 0 Å². The number of benzene rings is 1. The molecule has 1 unspecified atom stereocenters. The molecule has 0 aliphatic carbocycles. The highest BCUT2D eigenvalue weighted by Crippen LogP contribution is 2.15. The van der Waals surface area contributed by atoms with E-state index in [-0.39, 0.29) is 12.4 Å². The number of nitrogens with two attached hydrogens (primary N) is 1. The SMILES string of the molecule is CN(Cc1cccc(N)c1)CC1CCCCO1.Cl. The summed E-state index contributed by atoms with van der Waals surface area (Å²) < 4.78 is 5.74. The lowest BCUT2D eigenvalue weighted by atomic mass is 10.1. The summed E-state index contributed by atoms with van der Waals surface area (Å²) in [6.07, 6.45) is 4.13. The molecule has 0 radical (unpaired) electrons. The molecule has 0 saturated carbocycles. The number of likely N-dealkylation sites (N-methyl/N-ethyl adjacent to an activating group) is 1. The molecule has 0 amide bonds. The first-order chi connectivity index (χ1) is 8.24. The van der Waals surface area contributed by atoms with E-state index in [1.54, 1.807) is 0 Å². The summed E-state index contributed by atoms with van der Waals surface area (Å²) in [4.78, 5) is 2.31. The molecule has 0 bridgehead atoms. The molecule has 3 nitrogen and oxygen atoms in total. The second kappa shape index (κ2) is 7.62. The first-order valence-corrected chi connectivity index (χ1v) is 6.38. The first-order valence-electron chi connectivity index (χ1n) is 6.38. The lowest BCUT2D eigenvalue weighted by molar-refractivity contribution is -0.00258. The van der Waals surface area contributed by atoms with Crippen LogP contribution in [0, 0.1) is 0 Å². The van der Waals surface area contributed by atoms with Crippen molar-refractivity contribution >= 4 is 18.1 Å². The van der Waals surface area contributed by atoms with Gasteiger partial charge in [-0.1, -0.05) is 12.1 Å². The van der Waals surface area contributed by atoms with E-state index in [4.69, 9.17) is 10.5 Å². The van der Waals surface area contributed by atoms with Gasteiger partial charge >= 0.3 is 0 Å². The lowest BCUT2D eigenvalue weighted by Gasteiger charge is -2.27. The van der Waals surface area contributed by atoms with Gasteiger partial charge in [0.1, 0.15) is 0 Å². The molecule has 1 aromatic rings. The maximum atomic E-state index is 5.78. The topological polar surface area (TPSA) is 38.5 Å². The monoisotopic (exact) mass is 270 g/mol. The normalized spacial score (nSPS) is 19.6. The lowest BCUT2D eigenvalue weighted by Crippen LogP contribution is -2.33. The highest BCUT2D eigenvalue weighted by molar-refractivity contribution is 5.85. The van der Waals surface area contributed by atoms with Crippen LogP contribution in [-0.2, 0) is 11.3 Å². The molecule has 1 saturated heterocycles. The molecule has 4 heteroatoms. The molecule has 2 rings (SSSR count). The Balaban J connectivity index is 0.00000162. The molecule has 1 aliphatic heterocycles. The van der Waals surface area contributed by atoms with Gasteiger partial charge in [0.15, 0.2) is 0 Å². The third-order valence-corrected chi connectivity index (χ3v) is 3.19. The molecule has 1 heterocycles. The smallest absolute Gasteiger partial charge is 0.0702 e. The second-order valence-electron chi connectivity index (χ2n) is 4.93. The largest absolute Gasteiger partial charge is 0.399 e. The fraction of sp³-hybridized carbons (Fsp3) is 0.571. The summed E-state index contributed by atoms with van der Waals surface area (Å²) in [5, 5.41) is 0. The van der Waals surface area contributed by atoms with Crippen LogP contribution in [0.1, 0.15) is 24.8 Å². The fourth-order valence-electron chi connectivity index (χ4n) is 2.37.